The summed E-state index contributed by atoms with van der Waals surface area (Å²) in [7, 11) is -3.96. The molecular formula is C27H37NO5S. The summed E-state index contributed by atoms with van der Waals surface area (Å²) in [5, 5.41) is 0. The smallest absolute Gasteiger partial charge is 0.285 e. The Balaban J connectivity index is 1.81. The van der Waals surface area contributed by atoms with Crippen LogP contribution < -0.4 is 0 Å². The fraction of sp³-hybridized carbons (Fsp3) is 0.556. The molecule has 1 aliphatic heterocycles. The average molecular weight is 488 g/mol. The number of ketones is 1. The van der Waals surface area contributed by atoms with E-state index < -0.39 is 21.5 Å². The standard InChI is InChI=1S/C27H37NO5S/c1-19(2)7-6-8-20(3)14-16-32-26(28-34(30,31)23-11-9-21(4)10-12-23)24-18-33-27(5)15-13-22(29)17-25(24)27/h7,9-13,15,20,24-25H,6,8,14,16-18H2,1-5H3/b28-26+/t20?,24-,25+,27+/m0/s1. The van der Waals surface area contributed by atoms with Crippen LogP contribution in [0.2, 0.25) is 0 Å². The van der Waals surface area contributed by atoms with Crippen molar-refractivity contribution in [3.8, 4) is 0 Å². The van der Waals surface area contributed by atoms with Crippen molar-refractivity contribution in [2.24, 2.45) is 22.2 Å². The highest BCUT2D eigenvalue weighted by Crippen LogP contribution is 2.43. The van der Waals surface area contributed by atoms with Gasteiger partial charge in [-0.15, -0.1) is 4.40 Å². The Kier molecular flexibility index (Phi) is 8.52. The maximum absolute atomic E-state index is 13.1. The van der Waals surface area contributed by atoms with Crippen molar-refractivity contribution in [3.05, 3.63) is 53.6 Å². The first-order valence-electron chi connectivity index (χ1n) is 12.0. The lowest BCUT2D eigenvalue weighted by atomic mass is 9.75. The average Bonchev–Trinajstić information content (AvgIpc) is 3.10. The lowest BCUT2D eigenvalue weighted by Crippen LogP contribution is -2.38. The molecule has 186 valence electrons. The number of allylic oxidation sites excluding steroid dienone is 3. The van der Waals surface area contributed by atoms with Gasteiger partial charge in [-0.3, -0.25) is 4.79 Å². The van der Waals surface area contributed by atoms with E-state index in [1.165, 1.54) is 5.57 Å². The van der Waals surface area contributed by atoms with Crippen molar-refractivity contribution < 1.29 is 22.7 Å². The van der Waals surface area contributed by atoms with E-state index in [1.807, 2.05) is 13.8 Å². The fourth-order valence-corrected chi connectivity index (χ4v) is 5.45. The van der Waals surface area contributed by atoms with Gasteiger partial charge in [0.1, 0.15) is 0 Å². The summed E-state index contributed by atoms with van der Waals surface area (Å²) in [4.78, 5) is 12.3. The molecule has 1 fully saturated rings. The summed E-state index contributed by atoms with van der Waals surface area (Å²) in [5.41, 5.74) is 1.64. The topological polar surface area (TPSA) is 82.0 Å². The Morgan fingerprint density at radius 3 is 2.65 bits per heavy atom. The van der Waals surface area contributed by atoms with Gasteiger partial charge in [0.05, 0.1) is 29.6 Å². The van der Waals surface area contributed by atoms with Gasteiger partial charge in [-0.2, -0.15) is 8.42 Å². The molecule has 1 aromatic carbocycles. The Bertz CT molecular complexity index is 1070. The lowest BCUT2D eigenvalue weighted by Gasteiger charge is -2.32. The summed E-state index contributed by atoms with van der Waals surface area (Å²) in [6.45, 7) is 10.8. The number of hydrogen-bond donors (Lipinski definition) is 0. The molecule has 7 heteroatoms. The van der Waals surface area contributed by atoms with Crippen molar-refractivity contribution in [1.29, 1.82) is 0 Å². The molecule has 0 N–H and O–H groups in total. The van der Waals surface area contributed by atoms with Gasteiger partial charge in [-0.05, 0) is 77.2 Å². The summed E-state index contributed by atoms with van der Waals surface area (Å²) in [6, 6.07) is 6.60. The number of carbonyl (C=O) groups is 1. The molecule has 2 aliphatic rings. The highest BCUT2D eigenvalue weighted by Gasteiger charge is 2.50. The van der Waals surface area contributed by atoms with Crippen LogP contribution in [0, 0.1) is 24.7 Å². The quantitative estimate of drug-likeness (QED) is 0.264. The zero-order valence-electron chi connectivity index (χ0n) is 20.9. The van der Waals surface area contributed by atoms with Crippen molar-refractivity contribution in [3.63, 3.8) is 0 Å². The number of benzene rings is 1. The van der Waals surface area contributed by atoms with Crippen molar-refractivity contribution in [1.82, 2.24) is 0 Å². The van der Waals surface area contributed by atoms with Crippen LogP contribution in [0.1, 0.15) is 58.9 Å². The van der Waals surface area contributed by atoms with Crippen molar-refractivity contribution >= 4 is 21.7 Å². The third kappa shape index (κ3) is 6.66. The van der Waals surface area contributed by atoms with Crippen LogP contribution in [0.25, 0.3) is 0 Å². The molecule has 0 amide bonds. The maximum Gasteiger partial charge on any atom is 0.285 e. The van der Waals surface area contributed by atoms with Gasteiger partial charge < -0.3 is 9.47 Å². The number of sulfonamides is 1. The molecule has 6 nitrogen and oxygen atoms in total. The molecule has 4 atom stereocenters. The number of aryl methyl sites for hydroxylation is 1. The maximum atomic E-state index is 13.1. The van der Waals surface area contributed by atoms with Gasteiger partial charge in [-0.1, -0.05) is 36.3 Å². The number of hydrogen-bond acceptors (Lipinski definition) is 5. The molecule has 0 radical (unpaired) electrons. The molecule has 0 aromatic heterocycles. The zero-order chi connectivity index (χ0) is 24.9. The number of fused-ring (bicyclic) bond motifs is 1. The normalized spacial score (nSPS) is 25.7. The molecule has 1 unspecified atom stereocenters. The summed E-state index contributed by atoms with van der Waals surface area (Å²) < 4.78 is 42.5. The van der Waals surface area contributed by atoms with E-state index in [0.717, 1.165) is 24.8 Å². The second kappa shape index (κ2) is 11.0. The van der Waals surface area contributed by atoms with Gasteiger partial charge in [0.2, 0.25) is 5.90 Å². The third-order valence-corrected chi connectivity index (χ3v) is 8.02. The Hall–Kier alpha value is -2.25. The van der Waals surface area contributed by atoms with Crippen LogP contribution in [0.15, 0.2) is 57.4 Å². The van der Waals surface area contributed by atoms with Crippen LogP contribution in [-0.2, 0) is 24.3 Å². The molecule has 3 rings (SSSR count). The van der Waals surface area contributed by atoms with E-state index >= 15 is 0 Å². The highest BCUT2D eigenvalue weighted by atomic mass is 32.2. The molecule has 0 bridgehead atoms. The van der Waals surface area contributed by atoms with Gasteiger partial charge in [0.15, 0.2) is 5.78 Å². The second-order valence-corrected chi connectivity index (χ2v) is 11.6. The Morgan fingerprint density at radius 1 is 1.26 bits per heavy atom. The zero-order valence-corrected chi connectivity index (χ0v) is 21.7. The molecule has 1 heterocycles. The molecule has 1 saturated heterocycles. The Labute approximate surface area is 204 Å². The highest BCUT2D eigenvalue weighted by molar-refractivity contribution is 7.90. The first-order valence-corrected chi connectivity index (χ1v) is 13.5. The predicted octanol–water partition coefficient (Wildman–Crippen LogP) is 5.42. The van der Waals surface area contributed by atoms with Crippen LogP contribution in [0.3, 0.4) is 0 Å². The SMILES string of the molecule is CC(C)=CCCC(C)CCO/C(=N/S(=O)(=O)c1ccc(C)cc1)[C@H]1CO[C@]2(C)C=CC(=O)C[C@H]12. The number of nitrogens with zero attached hydrogens (tertiary/aromatic N) is 1. The fourth-order valence-electron chi connectivity index (χ4n) is 4.44. The summed E-state index contributed by atoms with van der Waals surface area (Å²) in [5.74, 6) is -0.0393. The van der Waals surface area contributed by atoms with E-state index in [-0.39, 0.29) is 35.5 Å². The molecule has 34 heavy (non-hydrogen) atoms. The monoisotopic (exact) mass is 487 g/mol. The third-order valence-electron chi connectivity index (χ3n) is 6.74. The molecule has 1 aromatic rings. The van der Waals surface area contributed by atoms with E-state index in [1.54, 1.807) is 36.4 Å². The molecule has 0 spiro atoms. The van der Waals surface area contributed by atoms with Gasteiger partial charge >= 0.3 is 0 Å². The van der Waals surface area contributed by atoms with E-state index in [4.69, 9.17) is 9.47 Å². The summed E-state index contributed by atoms with van der Waals surface area (Å²) >= 11 is 0. The number of ether oxygens (including phenoxy) is 2. The molecule has 1 aliphatic carbocycles. The Morgan fingerprint density at radius 2 is 1.97 bits per heavy atom. The first kappa shape index (κ1) is 26.4. The molecule has 0 saturated carbocycles. The largest absolute Gasteiger partial charge is 0.480 e. The van der Waals surface area contributed by atoms with Crippen molar-refractivity contribution in [2.45, 2.75) is 70.8 Å². The van der Waals surface area contributed by atoms with E-state index in [9.17, 15) is 13.2 Å². The number of carbonyl (C=O) groups excluding carboxylic acids is 1. The number of rotatable bonds is 9. The summed E-state index contributed by atoms with van der Waals surface area (Å²) in [6.07, 6.45) is 8.67. The van der Waals surface area contributed by atoms with Crippen molar-refractivity contribution in [2.75, 3.05) is 13.2 Å². The minimum absolute atomic E-state index is 0.00612. The van der Waals surface area contributed by atoms with Gasteiger partial charge in [0.25, 0.3) is 10.0 Å². The molecular weight excluding hydrogens is 450 g/mol. The minimum Gasteiger partial charge on any atom is -0.480 e. The van der Waals surface area contributed by atoms with Gasteiger partial charge in [-0.25, -0.2) is 0 Å². The lowest BCUT2D eigenvalue weighted by molar-refractivity contribution is -0.117. The van der Waals surface area contributed by atoms with Gasteiger partial charge in [0, 0.05) is 12.3 Å². The second-order valence-electron chi connectivity index (χ2n) is 10.0. The van der Waals surface area contributed by atoms with E-state index in [0.29, 0.717) is 12.5 Å². The predicted molar refractivity (Wildman–Crippen MR) is 134 cm³/mol. The minimum atomic E-state index is -3.96. The first-order chi connectivity index (χ1) is 16.0. The van der Waals surface area contributed by atoms with Crippen LogP contribution in [0.5, 0.6) is 0 Å². The van der Waals surface area contributed by atoms with E-state index in [2.05, 4.69) is 31.2 Å². The van der Waals surface area contributed by atoms with Crippen LogP contribution >= 0.6 is 0 Å². The van der Waals surface area contributed by atoms with Crippen LogP contribution in [0.4, 0.5) is 0 Å². The van der Waals surface area contributed by atoms with Crippen LogP contribution in [-0.4, -0.2) is 38.9 Å².